The maximum absolute atomic E-state index is 13.0. The average molecular weight is 387 g/mol. The maximum Gasteiger partial charge on any atom is 0.243 e. The van der Waals surface area contributed by atoms with Crippen LogP contribution >= 0.6 is 0 Å². The van der Waals surface area contributed by atoms with Gasteiger partial charge in [-0.1, -0.05) is 37.6 Å². The number of aryl methyl sites for hydroxylation is 2. The summed E-state index contributed by atoms with van der Waals surface area (Å²) in [6.07, 6.45) is 3.28. The zero-order chi connectivity index (χ0) is 19.4. The van der Waals surface area contributed by atoms with Crippen molar-refractivity contribution in [3.8, 4) is 0 Å². The summed E-state index contributed by atoms with van der Waals surface area (Å²) in [4.78, 5) is 2.70. The van der Waals surface area contributed by atoms with Gasteiger partial charge in [-0.25, -0.2) is 8.42 Å². The van der Waals surface area contributed by atoms with Gasteiger partial charge in [0.05, 0.1) is 4.90 Å². The fourth-order valence-electron chi connectivity index (χ4n) is 3.61. The minimum atomic E-state index is -3.42. The second-order valence-corrected chi connectivity index (χ2v) is 9.30. The minimum Gasteiger partial charge on any atom is -0.369 e. The highest BCUT2D eigenvalue weighted by Gasteiger charge is 2.29. The van der Waals surface area contributed by atoms with Crippen LogP contribution in [-0.2, 0) is 16.4 Å². The molecule has 0 radical (unpaired) electrons. The fraction of sp³-hybridized carbons (Fsp3) is 0.455. The van der Waals surface area contributed by atoms with E-state index in [0.29, 0.717) is 18.0 Å². The topological polar surface area (TPSA) is 40.6 Å². The molecular weight excluding hydrogens is 356 g/mol. The van der Waals surface area contributed by atoms with Crippen LogP contribution in [-0.4, -0.2) is 38.9 Å². The molecule has 0 amide bonds. The van der Waals surface area contributed by atoms with Crippen molar-refractivity contribution in [2.45, 2.75) is 44.9 Å². The van der Waals surface area contributed by atoms with Gasteiger partial charge in [-0.3, -0.25) is 0 Å². The quantitative estimate of drug-likeness (QED) is 0.749. The molecule has 0 unspecified atom stereocenters. The Balaban J connectivity index is 1.68. The number of nitrogens with zero attached hydrogens (tertiary/aromatic N) is 2. The first-order valence-electron chi connectivity index (χ1n) is 9.83. The SMILES string of the molecule is CCCCc1ccc(S(=O)(=O)N2CCN(c3cccc(C)c3C)CC2)cc1. The van der Waals surface area contributed by atoms with E-state index in [1.165, 1.54) is 22.4 Å². The number of sulfonamides is 1. The van der Waals surface area contributed by atoms with Crippen LogP contribution in [0.15, 0.2) is 47.4 Å². The predicted octanol–water partition coefficient (Wildman–Crippen LogP) is 4.16. The van der Waals surface area contributed by atoms with Crippen LogP contribution in [0.25, 0.3) is 0 Å². The van der Waals surface area contributed by atoms with Crippen LogP contribution < -0.4 is 4.90 Å². The largest absolute Gasteiger partial charge is 0.369 e. The summed E-state index contributed by atoms with van der Waals surface area (Å²) < 4.78 is 27.6. The molecule has 2 aromatic rings. The Morgan fingerprint density at radius 3 is 2.22 bits per heavy atom. The van der Waals surface area contributed by atoms with Crippen LogP contribution in [0.2, 0.25) is 0 Å². The number of benzene rings is 2. The number of hydrogen-bond donors (Lipinski definition) is 0. The monoisotopic (exact) mass is 386 g/mol. The molecule has 0 N–H and O–H groups in total. The van der Waals surface area contributed by atoms with Crippen molar-refractivity contribution in [1.29, 1.82) is 0 Å². The Morgan fingerprint density at radius 2 is 1.59 bits per heavy atom. The van der Waals surface area contributed by atoms with Gasteiger partial charge < -0.3 is 4.90 Å². The molecule has 0 atom stereocenters. The van der Waals surface area contributed by atoms with Gasteiger partial charge in [0.1, 0.15) is 0 Å². The molecule has 1 aliphatic rings. The standard InChI is InChI=1S/C22H30N2O2S/c1-4-5-8-20-10-12-21(13-11-20)27(25,26)24-16-14-23(15-17-24)22-9-6-7-18(2)19(22)3/h6-7,9-13H,4-5,8,14-17H2,1-3H3. The molecule has 0 aromatic heterocycles. The zero-order valence-corrected chi connectivity index (χ0v) is 17.4. The van der Waals surface area contributed by atoms with Crippen molar-refractivity contribution in [1.82, 2.24) is 4.31 Å². The number of hydrogen-bond acceptors (Lipinski definition) is 3. The molecule has 1 aliphatic heterocycles. The molecule has 0 saturated carbocycles. The Hall–Kier alpha value is -1.85. The molecule has 0 spiro atoms. The van der Waals surface area contributed by atoms with E-state index < -0.39 is 10.0 Å². The van der Waals surface area contributed by atoms with Crippen molar-refractivity contribution in [3.05, 3.63) is 59.2 Å². The molecule has 146 valence electrons. The summed E-state index contributed by atoms with van der Waals surface area (Å²) in [7, 11) is -3.42. The van der Waals surface area contributed by atoms with E-state index in [9.17, 15) is 8.42 Å². The number of rotatable bonds is 6. The molecule has 1 saturated heterocycles. The van der Waals surface area contributed by atoms with Crippen molar-refractivity contribution < 1.29 is 8.42 Å². The molecule has 1 heterocycles. The highest BCUT2D eigenvalue weighted by Crippen LogP contribution is 2.25. The molecular formula is C22H30N2O2S. The Kier molecular flexibility index (Phi) is 6.22. The third-order valence-corrected chi connectivity index (χ3v) is 7.45. The highest BCUT2D eigenvalue weighted by atomic mass is 32.2. The first-order valence-corrected chi connectivity index (χ1v) is 11.3. The van der Waals surface area contributed by atoms with Crippen LogP contribution in [0, 0.1) is 13.8 Å². The lowest BCUT2D eigenvalue weighted by Crippen LogP contribution is -2.48. The fourth-order valence-corrected chi connectivity index (χ4v) is 5.03. The van der Waals surface area contributed by atoms with Gasteiger partial charge in [0.25, 0.3) is 0 Å². The van der Waals surface area contributed by atoms with Crippen molar-refractivity contribution in [2.75, 3.05) is 31.1 Å². The lowest BCUT2D eigenvalue weighted by molar-refractivity contribution is 0.384. The summed E-state index contributed by atoms with van der Waals surface area (Å²) >= 11 is 0. The van der Waals surface area contributed by atoms with E-state index in [1.807, 2.05) is 12.1 Å². The maximum atomic E-state index is 13.0. The van der Waals surface area contributed by atoms with Gasteiger partial charge in [0.2, 0.25) is 10.0 Å². The lowest BCUT2D eigenvalue weighted by Gasteiger charge is -2.36. The number of anilines is 1. The van der Waals surface area contributed by atoms with E-state index >= 15 is 0 Å². The molecule has 1 fully saturated rings. The van der Waals surface area contributed by atoms with E-state index in [1.54, 1.807) is 16.4 Å². The van der Waals surface area contributed by atoms with Gasteiger partial charge in [-0.05, 0) is 61.6 Å². The Labute approximate surface area is 163 Å². The second-order valence-electron chi connectivity index (χ2n) is 7.36. The van der Waals surface area contributed by atoms with E-state index in [4.69, 9.17) is 0 Å². The van der Waals surface area contributed by atoms with Crippen molar-refractivity contribution in [3.63, 3.8) is 0 Å². The van der Waals surface area contributed by atoms with Crippen LogP contribution in [0.1, 0.15) is 36.5 Å². The summed E-state index contributed by atoms with van der Waals surface area (Å²) in [6.45, 7) is 8.89. The molecule has 0 aliphatic carbocycles. The third kappa shape index (κ3) is 4.36. The molecule has 2 aromatic carbocycles. The number of piperazine rings is 1. The normalized spacial score (nSPS) is 15.9. The van der Waals surface area contributed by atoms with E-state index in [0.717, 1.165) is 32.4 Å². The molecule has 3 rings (SSSR count). The van der Waals surface area contributed by atoms with Crippen molar-refractivity contribution in [2.24, 2.45) is 0 Å². The van der Waals surface area contributed by atoms with Crippen molar-refractivity contribution >= 4 is 15.7 Å². The van der Waals surface area contributed by atoms with Gasteiger partial charge in [-0.15, -0.1) is 0 Å². The predicted molar refractivity (Wildman–Crippen MR) is 112 cm³/mol. The zero-order valence-electron chi connectivity index (χ0n) is 16.6. The summed E-state index contributed by atoms with van der Waals surface area (Å²) in [6, 6.07) is 13.7. The van der Waals surface area contributed by atoms with Gasteiger partial charge in [0.15, 0.2) is 0 Å². The Bertz CT molecular complexity index is 868. The number of unbranched alkanes of at least 4 members (excludes halogenated alkanes) is 1. The van der Waals surface area contributed by atoms with Crippen LogP contribution in [0.3, 0.4) is 0 Å². The smallest absolute Gasteiger partial charge is 0.243 e. The third-order valence-electron chi connectivity index (χ3n) is 5.54. The summed E-state index contributed by atoms with van der Waals surface area (Å²) in [5.74, 6) is 0. The molecule has 27 heavy (non-hydrogen) atoms. The minimum absolute atomic E-state index is 0.405. The second kappa shape index (κ2) is 8.44. The lowest BCUT2D eigenvalue weighted by atomic mass is 10.1. The first kappa shape index (κ1) is 19.9. The van der Waals surface area contributed by atoms with E-state index in [2.05, 4.69) is 43.9 Å². The van der Waals surface area contributed by atoms with Gasteiger partial charge in [0, 0.05) is 31.9 Å². The van der Waals surface area contributed by atoms with Gasteiger partial charge in [-0.2, -0.15) is 4.31 Å². The van der Waals surface area contributed by atoms with Crippen LogP contribution in [0.4, 0.5) is 5.69 Å². The first-order chi connectivity index (χ1) is 12.9. The van der Waals surface area contributed by atoms with Crippen LogP contribution in [0.5, 0.6) is 0 Å². The molecule has 0 bridgehead atoms. The van der Waals surface area contributed by atoms with E-state index in [-0.39, 0.29) is 0 Å². The molecule has 5 heteroatoms. The summed E-state index contributed by atoms with van der Waals surface area (Å²) in [5, 5.41) is 0. The summed E-state index contributed by atoms with van der Waals surface area (Å²) in [5.41, 5.74) is 4.96. The highest BCUT2D eigenvalue weighted by molar-refractivity contribution is 7.89. The average Bonchev–Trinajstić information content (AvgIpc) is 2.69. The van der Waals surface area contributed by atoms with Gasteiger partial charge >= 0.3 is 0 Å². The Morgan fingerprint density at radius 1 is 0.926 bits per heavy atom. The molecule has 4 nitrogen and oxygen atoms in total.